The highest BCUT2D eigenvalue weighted by Crippen LogP contribution is 2.28. The first-order chi connectivity index (χ1) is 18.2. The smallest absolute Gasteiger partial charge is 0.251 e. The summed E-state index contributed by atoms with van der Waals surface area (Å²) < 4.78 is 24.5. The van der Waals surface area contributed by atoms with Crippen LogP contribution in [0.3, 0.4) is 0 Å². The van der Waals surface area contributed by atoms with Gasteiger partial charge in [-0.1, -0.05) is 6.07 Å². The largest absolute Gasteiger partial charge is 0.497 e. The molecule has 0 aliphatic carbocycles. The van der Waals surface area contributed by atoms with Crippen LogP contribution in [0.2, 0.25) is 0 Å². The van der Waals surface area contributed by atoms with Crippen molar-refractivity contribution in [1.82, 2.24) is 15.1 Å². The number of primary amides is 1. The Morgan fingerprint density at radius 2 is 1.71 bits per heavy atom. The topological polar surface area (TPSA) is 121 Å². The highest BCUT2D eigenvalue weighted by Gasteiger charge is 2.23. The lowest BCUT2D eigenvalue weighted by Crippen LogP contribution is -2.30. The van der Waals surface area contributed by atoms with Crippen LogP contribution >= 0.6 is 0 Å². The van der Waals surface area contributed by atoms with Crippen LogP contribution in [0.15, 0.2) is 54.6 Å². The van der Waals surface area contributed by atoms with E-state index >= 15 is 0 Å². The predicted octanol–water partition coefficient (Wildman–Crippen LogP) is 3.22. The number of amides is 2. The highest BCUT2D eigenvalue weighted by atomic mass is 19.1. The molecule has 0 saturated carbocycles. The number of methoxy groups -OCH3 is 2. The standard InChI is InChI=1S/C28H30FN5O4/c1-33-6-7-34(28(33)31)16-18-8-19(24-5-4-21(29)13-25(24)26(30)35)12-20(9-18)27(36)32-15-17-10-22(37-2)14-23(11-17)38-3/h4-5,8-14,31H,6-7,15-16H2,1-3H3,(H2,30,35)(H,32,36). The Labute approximate surface area is 220 Å². The molecule has 10 heteroatoms. The van der Waals surface area contributed by atoms with Gasteiger partial charge in [-0.2, -0.15) is 0 Å². The molecule has 0 spiro atoms. The number of likely N-dealkylation sites (N-methyl/N-ethyl adjacent to an activating group) is 1. The minimum Gasteiger partial charge on any atom is -0.497 e. The van der Waals surface area contributed by atoms with Crippen LogP contribution in [0.25, 0.3) is 11.1 Å². The number of hydrogen-bond acceptors (Lipinski definition) is 5. The number of carbonyl (C=O) groups is 2. The molecule has 1 heterocycles. The van der Waals surface area contributed by atoms with Gasteiger partial charge in [-0.25, -0.2) is 4.39 Å². The molecule has 1 aliphatic heterocycles. The Bertz CT molecular complexity index is 1370. The second kappa shape index (κ2) is 11.2. The molecule has 1 fully saturated rings. The lowest BCUT2D eigenvalue weighted by molar-refractivity contribution is 0.0949. The van der Waals surface area contributed by atoms with Crippen LogP contribution in [0, 0.1) is 11.2 Å². The Kier molecular flexibility index (Phi) is 7.80. The van der Waals surface area contributed by atoms with E-state index in [4.69, 9.17) is 20.6 Å². The van der Waals surface area contributed by atoms with Crippen LogP contribution in [0.5, 0.6) is 11.5 Å². The zero-order valence-electron chi connectivity index (χ0n) is 21.5. The van der Waals surface area contributed by atoms with E-state index in [1.807, 2.05) is 22.9 Å². The van der Waals surface area contributed by atoms with Crippen molar-refractivity contribution >= 4 is 17.8 Å². The number of carbonyl (C=O) groups excluding carboxylic acids is 2. The van der Waals surface area contributed by atoms with E-state index in [-0.39, 0.29) is 18.0 Å². The molecular weight excluding hydrogens is 489 g/mol. The molecule has 0 unspecified atom stereocenters. The van der Waals surface area contributed by atoms with Crippen molar-refractivity contribution in [2.24, 2.45) is 5.73 Å². The molecule has 1 aliphatic rings. The summed E-state index contributed by atoms with van der Waals surface area (Å²) in [6.45, 7) is 2.00. The molecule has 0 radical (unpaired) electrons. The Balaban J connectivity index is 1.68. The fourth-order valence-electron chi connectivity index (χ4n) is 4.39. The quantitative estimate of drug-likeness (QED) is 0.399. The summed E-state index contributed by atoms with van der Waals surface area (Å²) in [4.78, 5) is 29.1. The maximum absolute atomic E-state index is 13.9. The lowest BCUT2D eigenvalue weighted by atomic mass is 9.95. The molecule has 3 aromatic rings. The molecule has 3 aromatic carbocycles. The van der Waals surface area contributed by atoms with Gasteiger partial charge in [0.2, 0.25) is 5.91 Å². The number of nitrogens with one attached hydrogen (secondary N) is 2. The van der Waals surface area contributed by atoms with Crippen LogP contribution < -0.4 is 20.5 Å². The van der Waals surface area contributed by atoms with Gasteiger partial charge in [-0.15, -0.1) is 0 Å². The summed E-state index contributed by atoms with van der Waals surface area (Å²) >= 11 is 0. The summed E-state index contributed by atoms with van der Waals surface area (Å²) in [7, 11) is 4.96. The van der Waals surface area contributed by atoms with Gasteiger partial charge in [0.1, 0.15) is 17.3 Å². The number of nitrogens with zero attached hydrogens (tertiary/aromatic N) is 2. The molecule has 0 aromatic heterocycles. The molecule has 0 bridgehead atoms. The highest BCUT2D eigenvalue weighted by molar-refractivity contribution is 6.01. The summed E-state index contributed by atoms with van der Waals surface area (Å²) in [6.07, 6.45) is 0. The van der Waals surface area contributed by atoms with Crippen molar-refractivity contribution in [3.8, 4) is 22.6 Å². The zero-order valence-corrected chi connectivity index (χ0v) is 21.5. The molecule has 2 amide bonds. The van der Waals surface area contributed by atoms with Crippen molar-refractivity contribution in [2.75, 3.05) is 34.4 Å². The van der Waals surface area contributed by atoms with Crippen molar-refractivity contribution in [3.05, 3.63) is 82.7 Å². The third kappa shape index (κ3) is 5.86. The van der Waals surface area contributed by atoms with Gasteiger partial charge in [0, 0.05) is 50.4 Å². The molecule has 9 nitrogen and oxygen atoms in total. The van der Waals surface area contributed by atoms with Crippen LogP contribution in [-0.2, 0) is 13.1 Å². The first-order valence-electron chi connectivity index (χ1n) is 12.0. The number of rotatable bonds is 9. The Morgan fingerprint density at radius 1 is 1.00 bits per heavy atom. The molecule has 1 saturated heterocycles. The predicted molar refractivity (Wildman–Crippen MR) is 142 cm³/mol. The third-order valence-electron chi connectivity index (χ3n) is 6.42. The number of ether oxygens (including phenoxy) is 2. The van der Waals surface area contributed by atoms with Crippen molar-refractivity contribution in [1.29, 1.82) is 5.41 Å². The first kappa shape index (κ1) is 26.5. The maximum Gasteiger partial charge on any atom is 0.251 e. The molecule has 198 valence electrons. The fraction of sp³-hybridized carbons (Fsp3) is 0.250. The zero-order chi connectivity index (χ0) is 27.4. The Morgan fingerprint density at radius 3 is 2.32 bits per heavy atom. The van der Waals surface area contributed by atoms with Gasteiger partial charge in [0.05, 0.1) is 14.2 Å². The second-order valence-corrected chi connectivity index (χ2v) is 9.04. The molecular formula is C28H30FN5O4. The monoisotopic (exact) mass is 519 g/mol. The van der Waals surface area contributed by atoms with Crippen molar-refractivity contribution < 1.29 is 23.5 Å². The van der Waals surface area contributed by atoms with E-state index in [1.54, 1.807) is 44.6 Å². The number of benzene rings is 3. The molecule has 38 heavy (non-hydrogen) atoms. The van der Waals surface area contributed by atoms with E-state index in [1.165, 1.54) is 12.1 Å². The SMILES string of the molecule is COc1cc(CNC(=O)c2cc(CN3CCN(C)C3=N)cc(-c3ccc(F)cc3C(N)=O)c2)cc(OC)c1. The van der Waals surface area contributed by atoms with E-state index in [0.29, 0.717) is 47.2 Å². The van der Waals surface area contributed by atoms with Crippen LogP contribution in [-0.4, -0.2) is 61.9 Å². The first-order valence-corrected chi connectivity index (χ1v) is 12.0. The number of halogens is 1. The lowest BCUT2D eigenvalue weighted by Gasteiger charge is -2.20. The van der Waals surface area contributed by atoms with Gasteiger partial charge >= 0.3 is 0 Å². The molecule has 0 atom stereocenters. The number of guanidine groups is 1. The normalized spacial score (nSPS) is 13.0. The average Bonchev–Trinajstić information content (AvgIpc) is 3.23. The van der Waals surface area contributed by atoms with Crippen molar-refractivity contribution in [2.45, 2.75) is 13.1 Å². The van der Waals surface area contributed by atoms with Gasteiger partial charge < -0.3 is 30.3 Å². The average molecular weight is 520 g/mol. The number of hydrogen-bond donors (Lipinski definition) is 3. The van der Waals surface area contributed by atoms with E-state index in [2.05, 4.69) is 5.32 Å². The van der Waals surface area contributed by atoms with Gasteiger partial charge in [-0.3, -0.25) is 15.0 Å². The minimum absolute atomic E-state index is 0.0191. The van der Waals surface area contributed by atoms with Gasteiger partial charge in [0.15, 0.2) is 5.96 Å². The van der Waals surface area contributed by atoms with Gasteiger partial charge in [-0.05, 0) is 64.7 Å². The fourth-order valence-corrected chi connectivity index (χ4v) is 4.39. The second-order valence-electron chi connectivity index (χ2n) is 9.04. The Hall–Kier alpha value is -4.60. The summed E-state index contributed by atoms with van der Waals surface area (Å²) in [5.41, 5.74) is 8.41. The number of nitrogens with two attached hydrogens (primary N) is 1. The van der Waals surface area contributed by atoms with E-state index in [9.17, 15) is 14.0 Å². The molecule has 4 rings (SSSR count). The van der Waals surface area contributed by atoms with Crippen LogP contribution in [0.1, 0.15) is 31.8 Å². The van der Waals surface area contributed by atoms with E-state index < -0.39 is 11.7 Å². The molecule has 4 N–H and O–H groups in total. The van der Waals surface area contributed by atoms with Crippen LogP contribution in [0.4, 0.5) is 4.39 Å². The van der Waals surface area contributed by atoms with Gasteiger partial charge in [0.25, 0.3) is 5.91 Å². The van der Waals surface area contributed by atoms with E-state index in [0.717, 1.165) is 23.7 Å². The van der Waals surface area contributed by atoms with Crippen molar-refractivity contribution in [3.63, 3.8) is 0 Å². The minimum atomic E-state index is -0.772. The maximum atomic E-state index is 13.9. The third-order valence-corrected chi connectivity index (χ3v) is 6.42. The summed E-state index contributed by atoms with van der Waals surface area (Å²) in [5.74, 6) is -0.110. The summed E-state index contributed by atoms with van der Waals surface area (Å²) in [5, 5.41) is 11.2. The summed E-state index contributed by atoms with van der Waals surface area (Å²) in [6, 6.07) is 14.4.